The zero-order valence-electron chi connectivity index (χ0n) is 19.9. The van der Waals surface area contributed by atoms with Crippen molar-refractivity contribution in [1.82, 2.24) is 9.80 Å². The number of hydrogen-bond acceptors (Lipinski definition) is 6. The molecule has 5 nitrogen and oxygen atoms in total. The fourth-order valence-electron chi connectivity index (χ4n) is 5.14. The Hall–Kier alpha value is -1.38. The molecule has 0 bridgehead atoms. The predicted molar refractivity (Wildman–Crippen MR) is 145 cm³/mol. The van der Waals surface area contributed by atoms with Crippen molar-refractivity contribution >= 4 is 36.6 Å². The van der Waals surface area contributed by atoms with E-state index in [0.29, 0.717) is 18.4 Å². The van der Waals surface area contributed by atoms with E-state index in [-0.39, 0.29) is 37.4 Å². The maximum absolute atomic E-state index is 13.5. The van der Waals surface area contributed by atoms with Gasteiger partial charge >= 0.3 is 0 Å². The SMILES string of the molecule is Cl.Cl.Fc1ccc([C@@H]2CCN(CCCN3CCSCC3)C[C@H]2COc2ccc3c(c2)OCO3)cc1. The van der Waals surface area contributed by atoms with Crippen LogP contribution in [0.1, 0.15) is 24.3 Å². The molecule has 194 valence electrons. The molecule has 35 heavy (non-hydrogen) atoms. The van der Waals surface area contributed by atoms with Crippen molar-refractivity contribution in [2.75, 3.05) is 64.2 Å². The van der Waals surface area contributed by atoms with E-state index in [4.69, 9.17) is 14.2 Å². The second-order valence-electron chi connectivity index (χ2n) is 9.14. The fourth-order valence-corrected chi connectivity index (χ4v) is 6.12. The number of nitrogens with zero attached hydrogens (tertiary/aromatic N) is 2. The van der Waals surface area contributed by atoms with E-state index in [1.807, 2.05) is 30.3 Å². The highest BCUT2D eigenvalue weighted by Crippen LogP contribution is 2.37. The smallest absolute Gasteiger partial charge is 0.231 e. The third kappa shape index (κ3) is 7.56. The molecular weight excluding hydrogens is 510 g/mol. The first-order valence-corrected chi connectivity index (χ1v) is 13.2. The highest BCUT2D eigenvalue weighted by atomic mass is 35.5. The van der Waals surface area contributed by atoms with Crippen LogP contribution in [0.4, 0.5) is 4.39 Å². The Morgan fingerprint density at radius 3 is 2.46 bits per heavy atom. The van der Waals surface area contributed by atoms with Crippen molar-refractivity contribution in [3.63, 3.8) is 0 Å². The minimum Gasteiger partial charge on any atom is -0.493 e. The van der Waals surface area contributed by atoms with E-state index in [9.17, 15) is 4.39 Å². The number of piperidine rings is 1. The third-order valence-corrected chi connectivity index (χ3v) is 7.92. The molecule has 3 aliphatic heterocycles. The van der Waals surface area contributed by atoms with Gasteiger partial charge < -0.3 is 24.0 Å². The second kappa shape index (κ2) is 13.8. The molecule has 9 heteroatoms. The Bertz CT molecular complexity index is 918. The summed E-state index contributed by atoms with van der Waals surface area (Å²) < 4.78 is 30.7. The molecule has 3 heterocycles. The van der Waals surface area contributed by atoms with E-state index < -0.39 is 0 Å². The van der Waals surface area contributed by atoms with Crippen LogP contribution >= 0.6 is 36.6 Å². The quantitative estimate of drug-likeness (QED) is 0.447. The summed E-state index contributed by atoms with van der Waals surface area (Å²) in [6.07, 6.45) is 2.28. The molecule has 0 radical (unpaired) electrons. The summed E-state index contributed by atoms with van der Waals surface area (Å²) in [6.45, 7) is 7.74. The van der Waals surface area contributed by atoms with Gasteiger partial charge in [0.15, 0.2) is 11.5 Å². The molecule has 2 aromatic rings. The van der Waals surface area contributed by atoms with Gasteiger partial charge in [-0.15, -0.1) is 24.8 Å². The maximum Gasteiger partial charge on any atom is 0.231 e. The number of hydrogen-bond donors (Lipinski definition) is 0. The van der Waals surface area contributed by atoms with Gasteiger partial charge in [0, 0.05) is 43.1 Å². The average molecular weight is 546 g/mol. The van der Waals surface area contributed by atoms with E-state index in [1.54, 1.807) is 12.1 Å². The topological polar surface area (TPSA) is 34.2 Å². The van der Waals surface area contributed by atoms with Gasteiger partial charge in [-0.1, -0.05) is 12.1 Å². The normalized spacial score (nSPS) is 22.2. The first-order valence-electron chi connectivity index (χ1n) is 12.0. The van der Waals surface area contributed by atoms with Crippen molar-refractivity contribution in [2.24, 2.45) is 5.92 Å². The molecule has 0 unspecified atom stereocenters. The summed E-state index contributed by atoms with van der Waals surface area (Å²) in [5.74, 6) is 5.38. The zero-order chi connectivity index (χ0) is 22.5. The molecule has 3 aliphatic rings. The molecule has 5 rings (SSSR count). The molecule has 2 aromatic carbocycles. The van der Waals surface area contributed by atoms with Gasteiger partial charge in [-0.3, -0.25) is 0 Å². The van der Waals surface area contributed by atoms with Crippen LogP contribution in [-0.4, -0.2) is 74.0 Å². The predicted octanol–water partition coefficient (Wildman–Crippen LogP) is 5.32. The largest absolute Gasteiger partial charge is 0.493 e. The van der Waals surface area contributed by atoms with Crippen LogP contribution in [0.2, 0.25) is 0 Å². The fraction of sp³-hybridized carbons (Fsp3) is 0.538. The van der Waals surface area contributed by atoms with Crippen LogP contribution in [0, 0.1) is 11.7 Å². The number of likely N-dealkylation sites (tertiary alicyclic amines) is 1. The Labute approximate surface area is 224 Å². The lowest BCUT2D eigenvalue weighted by atomic mass is 9.80. The lowest BCUT2D eigenvalue weighted by Gasteiger charge is -2.39. The van der Waals surface area contributed by atoms with Crippen LogP contribution in [0.25, 0.3) is 0 Å². The number of benzene rings is 2. The Morgan fingerprint density at radius 1 is 0.914 bits per heavy atom. The number of ether oxygens (including phenoxy) is 3. The summed E-state index contributed by atoms with van der Waals surface area (Å²) in [5, 5.41) is 0. The molecule has 0 amide bonds. The van der Waals surface area contributed by atoms with Gasteiger partial charge in [-0.2, -0.15) is 11.8 Å². The maximum atomic E-state index is 13.5. The van der Waals surface area contributed by atoms with E-state index in [1.165, 1.54) is 43.1 Å². The lowest BCUT2D eigenvalue weighted by Crippen LogP contribution is -2.43. The first kappa shape index (κ1) is 28.2. The Balaban J connectivity index is 0.00000171. The second-order valence-corrected chi connectivity index (χ2v) is 10.4. The monoisotopic (exact) mass is 544 g/mol. The number of thioether (sulfide) groups is 1. The third-order valence-electron chi connectivity index (χ3n) is 6.98. The molecule has 2 saturated heterocycles. The van der Waals surface area contributed by atoms with E-state index in [2.05, 4.69) is 21.6 Å². The van der Waals surface area contributed by atoms with Gasteiger partial charge in [0.25, 0.3) is 0 Å². The summed E-state index contributed by atoms with van der Waals surface area (Å²) in [6, 6.07) is 12.8. The van der Waals surface area contributed by atoms with Crippen molar-refractivity contribution in [1.29, 1.82) is 0 Å². The molecule has 0 spiro atoms. The highest BCUT2D eigenvalue weighted by molar-refractivity contribution is 7.99. The Morgan fingerprint density at radius 2 is 1.66 bits per heavy atom. The van der Waals surface area contributed by atoms with Crippen molar-refractivity contribution in [2.45, 2.75) is 18.8 Å². The number of fused-ring (bicyclic) bond motifs is 1. The van der Waals surface area contributed by atoms with Gasteiger partial charge in [-0.05, 0) is 68.2 Å². The van der Waals surface area contributed by atoms with Crippen LogP contribution in [0.15, 0.2) is 42.5 Å². The molecule has 2 fully saturated rings. The van der Waals surface area contributed by atoms with Gasteiger partial charge in [0.05, 0.1) is 6.61 Å². The van der Waals surface area contributed by atoms with Gasteiger partial charge in [0.2, 0.25) is 6.79 Å². The minimum absolute atomic E-state index is 0. The van der Waals surface area contributed by atoms with Gasteiger partial charge in [-0.25, -0.2) is 4.39 Å². The molecule has 0 aromatic heterocycles. The summed E-state index contributed by atoms with van der Waals surface area (Å²) >= 11 is 2.07. The zero-order valence-corrected chi connectivity index (χ0v) is 22.4. The molecular formula is C26H35Cl2FN2O3S. The summed E-state index contributed by atoms with van der Waals surface area (Å²) in [7, 11) is 0. The summed E-state index contributed by atoms with van der Waals surface area (Å²) in [4.78, 5) is 5.19. The van der Waals surface area contributed by atoms with Crippen LogP contribution in [0.3, 0.4) is 0 Å². The minimum atomic E-state index is -0.180. The number of rotatable bonds is 8. The summed E-state index contributed by atoms with van der Waals surface area (Å²) in [5.41, 5.74) is 1.21. The molecule has 0 saturated carbocycles. The lowest BCUT2D eigenvalue weighted by molar-refractivity contribution is 0.107. The molecule has 0 N–H and O–H groups in total. The van der Waals surface area contributed by atoms with Crippen LogP contribution in [0.5, 0.6) is 17.2 Å². The van der Waals surface area contributed by atoms with Crippen LogP contribution in [-0.2, 0) is 0 Å². The van der Waals surface area contributed by atoms with Crippen molar-refractivity contribution in [3.8, 4) is 17.2 Å². The van der Waals surface area contributed by atoms with Crippen molar-refractivity contribution in [3.05, 3.63) is 53.8 Å². The van der Waals surface area contributed by atoms with E-state index >= 15 is 0 Å². The van der Waals surface area contributed by atoms with Crippen LogP contribution < -0.4 is 14.2 Å². The first-order chi connectivity index (χ1) is 16.2. The average Bonchev–Trinajstić information content (AvgIpc) is 3.32. The Kier molecular flexibility index (Phi) is 11.1. The van der Waals surface area contributed by atoms with Gasteiger partial charge in [0.1, 0.15) is 11.6 Å². The molecule has 0 aliphatic carbocycles. The number of halogens is 3. The standard InChI is InChI=1S/C26H33FN2O3S.2ClH/c27-22-4-2-20(3-5-22)24-8-11-29(10-1-9-28-12-14-33-15-13-28)17-21(24)18-30-23-6-7-25-26(16-23)32-19-31-25;;/h2-7,16,21,24H,1,8-15,17-19H2;2*1H/t21-,24-;;/m0../s1. The van der Waals surface area contributed by atoms with E-state index in [0.717, 1.165) is 43.3 Å². The molecule has 2 atom stereocenters. The van der Waals surface area contributed by atoms with Crippen molar-refractivity contribution < 1.29 is 18.6 Å². The highest BCUT2D eigenvalue weighted by Gasteiger charge is 2.31.